The van der Waals surface area contributed by atoms with Gasteiger partial charge in [0.1, 0.15) is 0 Å². The van der Waals surface area contributed by atoms with Crippen molar-refractivity contribution in [3.63, 3.8) is 0 Å². The van der Waals surface area contributed by atoms with E-state index in [4.69, 9.17) is 0 Å². The van der Waals surface area contributed by atoms with E-state index in [2.05, 4.69) is 43.3 Å². The van der Waals surface area contributed by atoms with Gasteiger partial charge in [-0.05, 0) is 41.0 Å². The number of benzene rings is 3. The van der Waals surface area contributed by atoms with E-state index in [1.54, 1.807) is 0 Å². The van der Waals surface area contributed by atoms with E-state index in [0.29, 0.717) is 12.8 Å². The summed E-state index contributed by atoms with van der Waals surface area (Å²) >= 11 is 0. The fourth-order valence-electron chi connectivity index (χ4n) is 3.36. The molecule has 26 heavy (non-hydrogen) atoms. The van der Waals surface area contributed by atoms with Gasteiger partial charge in [0.15, 0.2) is 0 Å². The van der Waals surface area contributed by atoms with Crippen LogP contribution in [-0.4, -0.2) is 11.1 Å². The summed E-state index contributed by atoms with van der Waals surface area (Å²) in [6, 6.07) is 28.6. The Morgan fingerprint density at radius 2 is 1.35 bits per heavy atom. The summed E-state index contributed by atoms with van der Waals surface area (Å²) in [6.07, 6.45) is 1.20. The third kappa shape index (κ3) is 4.60. The van der Waals surface area contributed by atoms with E-state index < -0.39 is 5.97 Å². The monoisotopic (exact) mass is 344 g/mol. The number of carbonyl (C=O) groups is 1. The minimum absolute atomic E-state index is 0.223. The van der Waals surface area contributed by atoms with Gasteiger partial charge < -0.3 is 5.11 Å². The van der Waals surface area contributed by atoms with E-state index in [0.717, 1.165) is 11.1 Å². The largest absolute Gasteiger partial charge is 0.481 e. The van der Waals surface area contributed by atoms with Gasteiger partial charge in [-0.15, -0.1) is 0 Å². The van der Waals surface area contributed by atoms with E-state index >= 15 is 0 Å². The Labute approximate surface area is 155 Å². The fraction of sp³-hybridized carbons (Fsp3) is 0.208. The predicted molar refractivity (Wildman–Crippen MR) is 106 cm³/mol. The van der Waals surface area contributed by atoms with Gasteiger partial charge in [-0.25, -0.2) is 0 Å². The predicted octanol–water partition coefficient (Wildman–Crippen LogP) is 5.79. The number of carboxylic acids is 1. The van der Waals surface area contributed by atoms with Crippen LogP contribution >= 0.6 is 0 Å². The van der Waals surface area contributed by atoms with Crippen LogP contribution in [0.1, 0.15) is 30.4 Å². The highest BCUT2D eigenvalue weighted by Crippen LogP contribution is 2.27. The molecular formula is C24H24O2. The second-order valence-electron chi connectivity index (χ2n) is 6.85. The van der Waals surface area contributed by atoms with Gasteiger partial charge in [-0.2, -0.15) is 0 Å². The molecule has 3 aromatic rings. The standard InChI is InChI=1S/C24H24O2/c1-18(20-8-4-2-5-9-20)16-23(24(25)26)17-19-12-14-22(15-13-19)21-10-6-3-7-11-21/h2-15,18,23H,16-17H2,1H3,(H,25,26)/t18?,23-/m1/s1. The molecule has 2 atom stereocenters. The first kappa shape index (κ1) is 17.9. The summed E-state index contributed by atoms with van der Waals surface area (Å²) in [4.78, 5) is 11.8. The van der Waals surface area contributed by atoms with Crippen molar-refractivity contribution in [1.82, 2.24) is 0 Å². The Balaban J connectivity index is 1.69. The quantitative estimate of drug-likeness (QED) is 0.589. The summed E-state index contributed by atoms with van der Waals surface area (Å²) in [5, 5.41) is 9.66. The third-order valence-corrected chi connectivity index (χ3v) is 4.90. The minimum atomic E-state index is -0.722. The highest BCUT2D eigenvalue weighted by atomic mass is 16.4. The van der Waals surface area contributed by atoms with Gasteiger partial charge in [-0.3, -0.25) is 4.79 Å². The molecule has 0 saturated carbocycles. The lowest BCUT2D eigenvalue weighted by molar-refractivity contribution is -0.142. The van der Waals surface area contributed by atoms with Gasteiger partial charge in [0.2, 0.25) is 0 Å². The molecule has 0 fully saturated rings. The van der Waals surface area contributed by atoms with Crippen LogP contribution in [0.25, 0.3) is 11.1 Å². The molecule has 0 saturated heterocycles. The Kier molecular flexibility index (Phi) is 5.85. The highest BCUT2D eigenvalue weighted by Gasteiger charge is 2.21. The summed E-state index contributed by atoms with van der Waals surface area (Å²) in [5.74, 6) is -0.881. The number of hydrogen-bond acceptors (Lipinski definition) is 1. The molecule has 2 heteroatoms. The van der Waals surface area contributed by atoms with Gasteiger partial charge in [0, 0.05) is 0 Å². The number of rotatable bonds is 7. The van der Waals surface area contributed by atoms with E-state index in [1.807, 2.05) is 48.5 Å². The highest BCUT2D eigenvalue weighted by molar-refractivity contribution is 5.70. The first-order valence-electron chi connectivity index (χ1n) is 9.05. The van der Waals surface area contributed by atoms with E-state index in [9.17, 15) is 9.90 Å². The zero-order valence-electron chi connectivity index (χ0n) is 15.0. The van der Waals surface area contributed by atoms with Crippen LogP contribution in [0, 0.1) is 5.92 Å². The zero-order valence-corrected chi connectivity index (χ0v) is 15.0. The van der Waals surface area contributed by atoms with Crippen LogP contribution in [0.15, 0.2) is 84.9 Å². The Morgan fingerprint density at radius 3 is 1.92 bits per heavy atom. The maximum Gasteiger partial charge on any atom is 0.306 e. The van der Waals surface area contributed by atoms with Crippen LogP contribution < -0.4 is 0 Å². The van der Waals surface area contributed by atoms with E-state index in [-0.39, 0.29) is 11.8 Å². The van der Waals surface area contributed by atoms with Gasteiger partial charge in [-0.1, -0.05) is 91.9 Å². The molecule has 0 bridgehead atoms. The van der Waals surface area contributed by atoms with Crippen molar-refractivity contribution in [3.05, 3.63) is 96.1 Å². The summed E-state index contributed by atoms with van der Waals surface area (Å²) < 4.78 is 0. The fourth-order valence-corrected chi connectivity index (χ4v) is 3.36. The lowest BCUT2D eigenvalue weighted by Gasteiger charge is -2.18. The number of carboxylic acid groups (broad SMARTS) is 1. The maximum atomic E-state index is 11.8. The van der Waals surface area contributed by atoms with Crippen LogP contribution in [0.4, 0.5) is 0 Å². The van der Waals surface area contributed by atoms with Crippen LogP contribution in [0.3, 0.4) is 0 Å². The molecule has 0 spiro atoms. The molecule has 1 unspecified atom stereocenters. The SMILES string of the molecule is CC(C[C@H](Cc1ccc(-c2ccccc2)cc1)C(=O)O)c1ccccc1. The first-order chi connectivity index (χ1) is 12.6. The summed E-state index contributed by atoms with van der Waals surface area (Å²) in [6.45, 7) is 2.10. The molecule has 3 aromatic carbocycles. The Hall–Kier alpha value is -2.87. The number of hydrogen-bond donors (Lipinski definition) is 1. The molecule has 2 nitrogen and oxygen atoms in total. The topological polar surface area (TPSA) is 37.3 Å². The lowest BCUT2D eigenvalue weighted by atomic mass is 9.86. The smallest absolute Gasteiger partial charge is 0.306 e. The zero-order chi connectivity index (χ0) is 18.4. The summed E-state index contributed by atoms with van der Waals surface area (Å²) in [7, 11) is 0. The molecule has 0 aromatic heterocycles. The normalized spacial score (nSPS) is 13.1. The molecule has 132 valence electrons. The van der Waals surface area contributed by atoms with Crippen molar-refractivity contribution >= 4 is 5.97 Å². The second kappa shape index (κ2) is 8.48. The van der Waals surface area contributed by atoms with Gasteiger partial charge >= 0.3 is 5.97 Å². The Morgan fingerprint density at radius 1 is 0.808 bits per heavy atom. The molecule has 0 heterocycles. The van der Waals surface area contributed by atoms with Crippen molar-refractivity contribution in [2.75, 3.05) is 0 Å². The molecule has 1 N–H and O–H groups in total. The van der Waals surface area contributed by atoms with Crippen molar-refractivity contribution in [1.29, 1.82) is 0 Å². The second-order valence-corrected chi connectivity index (χ2v) is 6.85. The maximum absolute atomic E-state index is 11.8. The van der Waals surface area contributed by atoms with Crippen molar-refractivity contribution in [2.45, 2.75) is 25.7 Å². The van der Waals surface area contributed by atoms with Crippen molar-refractivity contribution < 1.29 is 9.90 Å². The molecule has 0 amide bonds. The van der Waals surface area contributed by atoms with Crippen LogP contribution in [0.2, 0.25) is 0 Å². The van der Waals surface area contributed by atoms with Crippen LogP contribution in [0.5, 0.6) is 0 Å². The molecule has 3 rings (SSSR count). The molecule has 0 radical (unpaired) electrons. The number of aliphatic carboxylic acids is 1. The third-order valence-electron chi connectivity index (χ3n) is 4.90. The lowest BCUT2D eigenvalue weighted by Crippen LogP contribution is -2.19. The first-order valence-corrected chi connectivity index (χ1v) is 9.05. The van der Waals surface area contributed by atoms with Gasteiger partial charge in [0.05, 0.1) is 5.92 Å². The molecular weight excluding hydrogens is 320 g/mol. The van der Waals surface area contributed by atoms with Gasteiger partial charge in [0.25, 0.3) is 0 Å². The van der Waals surface area contributed by atoms with Crippen molar-refractivity contribution in [3.8, 4) is 11.1 Å². The summed E-state index contributed by atoms with van der Waals surface area (Å²) in [5.41, 5.74) is 4.58. The average Bonchev–Trinajstić information content (AvgIpc) is 2.69. The molecule has 0 aliphatic heterocycles. The Bertz CT molecular complexity index is 823. The van der Waals surface area contributed by atoms with Crippen LogP contribution in [-0.2, 0) is 11.2 Å². The van der Waals surface area contributed by atoms with E-state index in [1.165, 1.54) is 11.1 Å². The van der Waals surface area contributed by atoms with Crippen molar-refractivity contribution in [2.24, 2.45) is 5.92 Å². The molecule has 0 aliphatic carbocycles. The minimum Gasteiger partial charge on any atom is -0.481 e. The molecule has 0 aliphatic rings. The average molecular weight is 344 g/mol.